The van der Waals surface area contributed by atoms with E-state index in [-0.39, 0.29) is 5.91 Å². The van der Waals surface area contributed by atoms with Crippen molar-refractivity contribution in [3.05, 3.63) is 69.7 Å². The fourth-order valence-electron chi connectivity index (χ4n) is 2.16. The molecular weight excluding hydrogens is 365 g/mol. The highest BCUT2D eigenvalue weighted by molar-refractivity contribution is 7.99. The number of rotatable bonds is 8. The third kappa shape index (κ3) is 6.02. The van der Waals surface area contributed by atoms with Crippen LogP contribution in [0.5, 0.6) is 0 Å². The van der Waals surface area contributed by atoms with E-state index in [9.17, 15) is 9.90 Å². The summed E-state index contributed by atoms with van der Waals surface area (Å²) < 4.78 is 0. The SMILES string of the molecule is O=C(CSCC(O)c1ccccc1)NCCc1cccc(Cl)c1Cl. The topological polar surface area (TPSA) is 49.3 Å². The van der Waals surface area contributed by atoms with Crippen LogP contribution in [-0.2, 0) is 11.2 Å². The second-order valence-electron chi connectivity index (χ2n) is 5.25. The molecule has 2 aromatic carbocycles. The zero-order valence-electron chi connectivity index (χ0n) is 13.0. The molecular formula is C18H19Cl2NO2S. The standard InChI is InChI=1S/C18H19Cl2NO2S/c19-15-8-4-7-14(18(15)20)9-10-21-17(23)12-24-11-16(22)13-5-2-1-3-6-13/h1-8,16,22H,9-12H2,(H,21,23). The Hall–Kier alpha value is -1.20. The Kier molecular flexibility index (Phi) is 7.92. The molecule has 1 atom stereocenters. The van der Waals surface area contributed by atoms with Crippen molar-refractivity contribution in [2.45, 2.75) is 12.5 Å². The van der Waals surface area contributed by atoms with Gasteiger partial charge in [0.1, 0.15) is 0 Å². The van der Waals surface area contributed by atoms with Crippen LogP contribution >= 0.6 is 35.0 Å². The van der Waals surface area contributed by atoms with Gasteiger partial charge in [-0.05, 0) is 23.6 Å². The first-order chi connectivity index (χ1) is 11.6. The molecule has 1 unspecified atom stereocenters. The number of hydrogen-bond acceptors (Lipinski definition) is 3. The van der Waals surface area contributed by atoms with E-state index in [1.807, 2.05) is 42.5 Å². The normalized spacial score (nSPS) is 12.0. The monoisotopic (exact) mass is 383 g/mol. The third-order valence-electron chi connectivity index (χ3n) is 3.44. The minimum absolute atomic E-state index is 0.0570. The summed E-state index contributed by atoms with van der Waals surface area (Å²) in [6, 6.07) is 14.9. The van der Waals surface area contributed by atoms with Crippen molar-refractivity contribution in [3.63, 3.8) is 0 Å². The molecule has 0 aliphatic carbocycles. The maximum atomic E-state index is 11.8. The highest BCUT2D eigenvalue weighted by Crippen LogP contribution is 2.25. The highest BCUT2D eigenvalue weighted by Gasteiger charge is 2.09. The zero-order chi connectivity index (χ0) is 17.4. The lowest BCUT2D eigenvalue weighted by atomic mass is 10.1. The Morgan fingerprint density at radius 2 is 1.88 bits per heavy atom. The third-order valence-corrected chi connectivity index (χ3v) is 5.32. The molecule has 0 bridgehead atoms. The van der Waals surface area contributed by atoms with Crippen LogP contribution in [0.15, 0.2) is 48.5 Å². The summed E-state index contributed by atoms with van der Waals surface area (Å²) in [5, 5.41) is 13.9. The quantitative estimate of drug-likeness (QED) is 0.720. The number of carbonyl (C=O) groups excluding carboxylic acids is 1. The van der Waals surface area contributed by atoms with Crippen LogP contribution in [-0.4, -0.2) is 29.1 Å². The van der Waals surface area contributed by atoms with Crippen molar-refractivity contribution in [2.24, 2.45) is 0 Å². The molecule has 0 heterocycles. The number of amides is 1. The van der Waals surface area contributed by atoms with Gasteiger partial charge in [-0.1, -0.05) is 65.7 Å². The number of hydrogen-bond donors (Lipinski definition) is 2. The van der Waals surface area contributed by atoms with Crippen molar-refractivity contribution >= 4 is 40.9 Å². The van der Waals surface area contributed by atoms with Crippen molar-refractivity contribution in [1.29, 1.82) is 0 Å². The van der Waals surface area contributed by atoms with E-state index >= 15 is 0 Å². The molecule has 0 saturated heterocycles. The molecule has 0 spiro atoms. The van der Waals surface area contributed by atoms with Gasteiger partial charge in [-0.2, -0.15) is 0 Å². The van der Waals surface area contributed by atoms with Gasteiger partial charge in [0.25, 0.3) is 0 Å². The lowest BCUT2D eigenvalue weighted by Gasteiger charge is -2.11. The average molecular weight is 384 g/mol. The fraction of sp³-hybridized carbons (Fsp3) is 0.278. The van der Waals surface area contributed by atoms with Crippen molar-refractivity contribution < 1.29 is 9.90 Å². The lowest BCUT2D eigenvalue weighted by Crippen LogP contribution is -2.27. The number of carbonyl (C=O) groups is 1. The number of benzene rings is 2. The van der Waals surface area contributed by atoms with Gasteiger partial charge >= 0.3 is 0 Å². The van der Waals surface area contributed by atoms with E-state index in [4.69, 9.17) is 23.2 Å². The first-order valence-corrected chi connectivity index (χ1v) is 9.49. The van der Waals surface area contributed by atoms with Crippen LogP contribution in [0.4, 0.5) is 0 Å². The predicted molar refractivity (Wildman–Crippen MR) is 102 cm³/mol. The Balaban J connectivity index is 1.66. The fourth-order valence-corrected chi connectivity index (χ4v) is 3.40. The van der Waals surface area contributed by atoms with Crippen molar-refractivity contribution in [2.75, 3.05) is 18.1 Å². The molecule has 0 aliphatic heterocycles. The second-order valence-corrected chi connectivity index (χ2v) is 7.07. The number of nitrogens with one attached hydrogen (secondary N) is 1. The summed E-state index contributed by atoms with van der Waals surface area (Å²) in [5.74, 6) is 0.739. The van der Waals surface area contributed by atoms with E-state index in [0.29, 0.717) is 34.5 Å². The highest BCUT2D eigenvalue weighted by atomic mass is 35.5. The molecule has 2 rings (SSSR count). The smallest absolute Gasteiger partial charge is 0.230 e. The lowest BCUT2D eigenvalue weighted by molar-refractivity contribution is -0.118. The van der Waals surface area contributed by atoms with E-state index < -0.39 is 6.10 Å². The van der Waals surface area contributed by atoms with Crippen molar-refractivity contribution in [1.82, 2.24) is 5.32 Å². The Labute approximate surface area is 156 Å². The Morgan fingerprint density at radius 1 is 1.12 bits per heavy atom. The molecule has 0 fully saturated rings. The van der Waals surface area contributed by atoms with Crippen molar-refractivity contribution in [3.8, 4) is 0 Å². The summed E-state index contributed by atoms with van der Waals surface area (Å²) in [4.78, 5) is 11.8. The first kappa shape index (κ1) is 19.1. The molecule has 0 aliphatic rings. The Bertz CT molecular complexity index is 667. The molecule has 128 valence electrons. The van der Waals surface area contributed by atoms with Gasteiger partial charge < -0.3 is 10.4 Å². The molecule has 0 radical (unpaired) electrons. The molecule has 2 aromatic rings. The summed E-state index contributed by atoms with van der Waals surface area (Å²) in [6.45, 7) is 0.501. The van der Waals surface area contributed by atoms with Gasteiger partial charge in [-0.3, -0.25) is 4.79 Å². The minimum Gasteiger partial charge on any atom is -0.388 e. The van der Waals surface area contributed by atoms with E-state index in [0.717, 1.165) is 11.1 Å². The maximum Gasteiger partial charge on any atom is 0.230 e. The summed E-state index contributed by atoms with van der Waals surface area (Å²) in [7, 11) is 0. The van der Waals surface area contributed by atoms with Crippen LogP contribution in [0.25, 0.3) is 0 Å². The van der Waals surface area contributed by atoms with Crippen LogP contribution in [0, 0.1) is 0 Å². The van der Waals surface area contributed by atoms with Crippen LogP contribution in [0.3, 0.4) is 0 Å². The number of aliphatic hydroxyl groups excluding tert-OH is 1. The maximum absolute atomic E-state index is 11.8. The van der Waals surface area contributed by atoms with Gasteiger partial charge in [-0.15, -0.1) is 11.8 Å². The predicted octanol–water partition coefficient (Wildman–Crippen LogP) is 4.12. The average Bonchev–Trinajstić information content (AvgIpc) is 2.59. The summed E-state index contributed by atoms with van der Waals surface area (Å²) in [6.07, 6.45) is 0.0666. The Morgan fingerprint density at radius 3 is 2.62 bits per heavy atom. The number of thioether (sulfide) groups is 1. The van der Waals surface area contributed by atoms with Gasteiger partial charge in [0.2, 0.25) is 5.91 Å². The molecule has 6 heteroatoms. The largest absolute Gasteiger partial charge is 0.388 e. The van der Waals surface area contributed by atoms with Gasteiger partial charge in [-0.25, -0.2) is 0 Å². The summed E-state index contributed by atoms with van der Waals surface area (Å²) >= 11 is 13.5. The molecule has 0 aromatic heterocycles. The van der Waals surface area contributed by atoms with Crippen LogP contribution in [0.1, 0.15) is 17.2 Å². The van der Waals surface area contributed by atoms with Gasteiger partial charge in [0.05, 0.1) is 21.9 Å². The van der Waals surface area contributed by atoms with E-state index in [1.54, 1.807) is 6.07 Å². The van der Waals surface area contributed by atoms with Crippen LogP contribution < -0.4 is 5.32 Å². The molecule has 3 nitrogen and oxygen atoms in total. The zero-order valence-corrected chi connectivity index (χ0v) is 15.4. The van der Waals surface area contributed by atoms with E-state index in [2.05, 4.69) is 5.32 Å². The van der Waals surface area contributed by atoms with Gasteiger partial charge in [0, 0.05) is 12.3 Å². The second kappa shape index (κ2) is 9.94. The molecule has 0 saturated carbocycles. The molecule has 2 N–H and O–H groups in total. The first-order valence-electron chi connectivity index (χ1n) is 7.58. The minimum atomic E-state index is -0.561. The van der Waals surface area contributed by atoms with Crippen LogP contribution in [0.2, 0.25) is 10.0 Å². The van der Waals surface area contributed by atoms with Gasteiger partial charge in [0.15, 0.2) is 0 Å². The molecule has 1 amide bonds. The molecule has 24 heavy (non-hydrogen) atoms. The van der Waals surface area contributed by atoms with E-state index in [1.165, 1.54) is 11.8 Å². The number of halogens is 2. The number of aliphatic hydroxyl groups is 1. The summed E-state index contributed by atoms with van der Waals surface area (Å²) in [5.41, 5.74) is 1.78.